The summed E-state index contributed by atoms with van der Waals surface area (Å²) in [7, 11) is 1.79. The van der Waals surface area contributed by atoms with Crippen LogP contribution in [0.15, 0.2) is 42.5 Å². The van der Waals surface area contributed by atoms with E-state index < -0.39 is 5.82 Å². The first-order valence-electron chi connectivity index (χ1n) is 5.39. The minimum absolute atomic E-state index is 0.0142. The Morgan fingerprint density at radius 2 is 1.83 bits per heavy atom. The summed E-state index contributed by atoms with van der Waals surface area (Å²) in [5.74, 6) is -0.945. The van der Waals surface area contributed by atoms with E-state index in [1.54, 1.807) is 31.3 Å². The molecule has 2 aromatic carbocycles. The molecular weight excluding hydrogens is 253 g/mol. The maximum Gasteiger partial charge on any atom is 0.196 e. The Labute approximate surface area is 109 Å². The van der Waals surface area contributed by atoms with Crippen LogP contribution in [0.25, 0.3) is 0 Å². The molecule has 0 bridgehead atoms. The third-order valence-electron chi connectivity index (χ3n) is 2.61. The van der Waals surface area contributed by atoms with Crippen LogP contribution in [0.3, 0.4) is 0 Å². The van der Waals surface area contributed by atoms with E-state index in [1.165, 1.54) is 18.2 Å². The second kappa shape index (κ2) is 5.19. The van der Waals surface area contributed by atoms with Gasteiger partial charge in [0.2, 0.25) is 0 Å². The zero-order valence-electron chi connectivity index (χ0n) is 9.71. The largest absolute Gasteiger partial charge is 0.388 e. The Kier molecular flexibility index (Phi) is 3.63. The second-order valence-corrected chi connectivity index (χ2v) is 4.22. The Bertz CT molecular complexity index is 581. The van der Waals surface area contributed by atoms with Crippen LogP contribution in [0.1, 0.15) is 15.9 Å². The van der Waals surface area contributed by atoms with Gasteiger partial charge in [0.25, 0.3) is 0 Å². The molecule has 0 saturated heterocycles. The van der Waals surface area contributed by atoms with Gasteiger partial charge >= 0.3 is 0 Å². The van der Waals surface area contributed by atoms with Crippen LogP contribution < -0.4 is 5.32 Å². The van der Waals surface area contributed by atoms with Gasteiger partial charge in [-0.3, -0.25) is 4.79 Å². The average Bonchev–Trinajstić information content (AvgIpc) is 2.41. The van der Waals surface area contributed by atoms with E-state index in [9.17, 15) is 9.18 Å². The SMILES string of the molecule is CNc1ccc(C(=O)c2cc(Cl)ccc2F)cc1. The van der Waals surface area contributed by atoms with Crippen LogP contribution in [-0.2, 0) is 0 Å². The third-order valence-corrected chi connectivity index (χ3v) is 2.84. The zero-order chi connectivity index (χ0) is 13.1. The smallest absolute Gasteiger partial charge is 0.196 e. The molecule has 0 aliphatic heterocycles. The molecule has 18 heavy (non-hydrogen) atoms. The summed E-state index contributed by atoms with van der Waals surface area (Å²) in [5.41, 5.74) is 1.30. The van der Waals surface area contributed by atoms with Gasteiger partial charge < -0.3 is 5.32 Å². The minimum Gasteiger partial charge on any atom is -0.388 e. The number of benzene rings is 2. The predicted molar refractivity (Wildman–Crippen MR) is 70.8 cm³/mol. The molecule has 0 saturated carbocycles. The van der Waals surface area contributed by atoms with Crippen LogP contribution in [0.5, 0.6) is 0 Å². The molecule has 2 aromatic rings. The molecule has 0 aromatic heterocycles. The number of halogens is 2. The van der Waals surface area contributed by atoms with Crippen LogP contribution in [0.4, 0.5) is 10.1 Å². The van der Waals surface area contributed by atoms with Crippen molar-refractivity contribution in [1.29, 1.82) is 0 Å². The summed E-state index contributed by atoms with van der Waals surface area (Å²) in [4.78, 5) is 12.1. The fourth-order valence-corrected chi connectivity index (χ4v) is 1.79. The molecular formula is C14H11ClFNO. The standard InChI is InChI=1S/C14H11ClFNO/c1-17-11-5-2-9(3-6-11)14(18)12-8-10(15)4-7-13(12)16/h2-8,17H,1H3. The Balaban J connectivity index is 2.38. The molecule has 0 heterocycles. The van der Waals surface area contributed by atoms with Gasteiger partial charge in [0, 0.05) is 23.3 Å². The third kappa shape index (κ3) is 2.51. The lowest BCUT2D eigenvalue weighted by Gasteiger charge is -2.05. The van der Waals surface area contributed by atoms with Gasteiger partial charge in [0.05, 0.1) is 5.56 Å². The van der Waals surface area contributed by atoms with Crippen molar-refractivity contribution in [2.75, 3.05) is 12.4 Å². The van der Waals surface area contributed by atoms with Crippen molar-refractivity contribution < 1.29 is 9.18 Å². The molecule has 0 radical (unpaired) electrons. The average molecular weight is 264 g/mol. The van der Waals surface area contributed by atoms with Gasteiger partial charge in [-0.25, -0.2) is 4.39 Å². The molecule has 0 aliphatic carbocycles. The van der Waals surface area contributed by atoms with Gasteiger partial charge in [-0.2, -0.15) is 0 Å². The first-order chi connectivity index (χ1) is 8.61. The number of carbonyl (C=O) groups excluding carboxylic acids is 1. The van der Waals surface area contributed by atoms with E-state index in [-0.39, 0.29) is 11.3 Å². The highest BCUT2D eigenvalue weighted by molar-refractivity contribution is 6.31. The lowest BCUT2D eigenvalue weighted by atomic mass is 10.0. The normalized spacial score (nSPS) is 10.2. The number of hydrogen-bond donors (Lipinski definition) is 1. The van der Waals surface area contributed by atoms with Gasteiger partial charge in [0.15, 0.2) is 5.78 Å². The minimum atomic E-state index is -0.568. The number of ketones is 1. The topological polar surface area (TPSA) is 29.1 Å². The lowest BCUT2D eigenvalue weighted by molar-refractivity contribution is 0.103. The van der Waals surface area contributed by atoms with Gasteiger partial charge in [-0.1, -0.05) is 11.6 Å². The second-order valence-electron chi connectivity index (χ2n) is 3.78. The lowest BCUT2D eigenvalue weighted by Crippen LogP contribution is -2.04. The maximum absolute atomic E-state index is 13.6. The van der Waals surface area contributed by atoms with Gasteiger partial charge in [0.1, 0.15) is 5.82 Å². The number of carbonyl (C=O) groups is 1. The molecule has 0 spiro atoms. The number of anilines is 1. The van der Waals surface area contributed by atoms with Crippen molar-refractivity contribution in [3.63, 3.8) is 0 Å². The Morgan fingerprint density at radius 1 is 1.17 bits per heavy atom. The van der Waals surface area contributed by atoms with Crippen molar-refractivity contribution in [3.05, 3.63) is 64.4 Å². The highest BCUT2D eigenvalue weighted by atomic mass is 35.5. The molecule has 92 valence electrons. The molecule has 2 nitrogen and oxygen atoms in total. The maximum atomic E-state index is 13.6. The molecule has 0 atom stereocenters. The molecule has 4 heteroatoms. The van der Waals surface area contributed by atoms with Crippen LogP contribution in [-0.4, -0.2) is 12.8 Å². The Hall–Kier alpha value is -1.87. The summed E-state index contributed by atoms with van der Waals surface area (Å²) >= 11 is 5.77. The van der Waals surface area contributed by atoms with E-state index in [0.29, 0.717) is 10.6 Å². The molecule has 1 N–H and O–H groups in total. The fraction of sp³-hybridized carbons (Fsp3) is 0.0714. The first-order valence-corrected chi connectivity index (χ1v) is 5.77. The van der Waals surface area contributed by atoms with Gasteiger partial charge in [-0.15, -0.1) is 0 Å². The van der Waals surface area contributed by atoms with E-state index >= 15 is 0 Å². The van der Waals surface area contributed by atoms with Crippen molar-refractivity contribution in [2.24, 2.45) is 0 Å². The summed E-state index contributed by atoms with van der Waals surface area (Å²) in [6.45, 7) is 0. The van der Waals surface area contributed by atoms with Crippen LogP contribution in [0.2, 0.25) is 5.02 Å². The van der Waals surface area contributed by atoms with E-state index in [4.69, 9.17) is 11.6 Å². The number of rotatable bonds is 3. The van der Waals surface area contributed by atoms with Crippen molar-refractivity contribution in [2.45, 2.75) is 0 Å². The monoisotopic (exact) mass is 263 g/mol. The molecule has 0 fully saturated rings. The van der Waals surface area contributed by atoms with Crippen LogP contribution in [0, 0.1) is 5.82 Å². The summed E-state index contributed by atoms with van der Waals surface area (Å²) in [6.07, 6.45) is 0. The van der Waals surface area contributed by atoms with E-state index in [2.05, 4.69) is 5.32 Å². The number of hydrogen-bond acceptors (Lipinski definition) is 2. The van der Waals surface area contributed by atoms with E-state index in [1.807, 2.05) is 0 Å². The highest BCUT2D eigenvalue weighted by Crippen LogP contribution is 2.19. The summed E-state index contributed by atoms with van der Waals surface area (Å²) in [5, 5.41) is 3.29. The van der Waals surface area contributed by atoms with Gasteiger partial charge in [-0.05, 0) is 42.5 Å². The molecule has 0 unspecified atom stereocenters. The predicted octanol–water partition coefficient (Wildman–Crippen LogP) is 3.75. The first kappa shape index (κ1) is 12.6. The molecule has 2 rings (SSSR count). The number of nitrogens with one attached hydrogen (secondary N) is 1. The van der Waals surface area contributed by atoms with Crippen LogP contribution >= 0.6 is 11.6 Å². The molecule has 0 aliphatic rings. The van der Waals surface area contributed by atoms with Crippen molar-refractivity contribution >= 4 is 23.1 Å². The zero-order valence-corrected chi connectivity index (χ0v) is 10.5. The van der Waals surface area contributed by atoms with Crippen molar-refractivity contribution in [3.8, 4) is 0 Å². The van der Waals surface area contributed by atoms with Crippen molar-refractivity contribution in [1.82, 2.24) is 0 Å². The quantitative estimate of drug-likeness (QED) is 0.855. The van der Waals surface area contributed by atoms with E-state index in [0.717, 1.165) is 5.69 Å². The Morgan fingerprint density at radius 3 is 2.44 bits per heavy atom. The summed E-state index contributed by atoms with van der Waals surface area (Å²) < 4.78 is 13.6. The summed E-state index contributed by atoms with van der Waals surface area (Å²) in [6, 6.07) is 10.8. The fourth-order valence-electron chi connectivity index (χ4n) is 1.62. The highest BCUT2D eigenvalue weighted by Gasteiger charge is 2.14. The molecule has 0 amide bonds.